The Morgan fingerprint density at radius 1 is 1.15 bits per heavy atom. The lowest BCUT2D eigenvalue weighted by atomic mass is 9.87. The Hall–Kier alpha value is -1.30. The molecule has 144 valence electrons. The lowest BCUT2D eigenvalue weighted by Crippen LogP contribution is -2.42. The van der Waals surface area contributed by atoms with E-state index in [0.717, 1.165) is 18.4 Å². The number of benzene rings is 1. The van der Waals surface area contributed by atoms with Gasteiger partial charge in [-0.15, -0.1) is 0 Å². The van der Waals surface area contributed by atoms with Crippen LogP contribution in [0, 0.1) is 5.92 Å². The summed E-state index contributed by atoms with van der Waals surface area (Å²) in [4.78, 5) is 24.7. The molecule has 3 amide bonds. The molecule has 2 rings (SSSR count). The Morgan fingerprint density at radius 2 is 1.88 bits per heavy atom. The summed E-state index contributed by atoms with van der Waals surface area (Å²) >= 11 is 12.1. The van der Waals surface area contributed by atoms with Gasteiger partial charge in [-0.25, -0.2) is 4.79 Å². The normalized spacial score (nSPS) is 15.7. The van der Waals surface area contributed by atoms with E-state index in [-0.39, 0.29) is 12.5 Å². The van der Waals surface area contributed by atoms with E-state index in [1.165, 1.54) is 12.8 Å². The lowest BCUT2D eigenvalue weighted by Gasteiger charge is -2.21. The summed E-state index contributed by atoms with van der Waals surface area (Å²) in [6, 6.07) is 4.68. The first-order valence-corrected chi connectivity index (χ1v) is 9.91. The Morgan fingerprint density at radius 3 is 2.54 bits per heavy atom. The highest BCUT2D eigenvalue weighted by molar-refractivity contribution is 6.42. The monoisotopic (exact) mass is 400 g/mol. The summed E-state index contributed by atoms with van der Waals surface area (Å²) in [5.41, 5.74) is 0.775. The van der Waals surface area contributed by atoms with Crippen molar-refractivity contribution < 1.29 is 14.7 Å². The number of unbranched alkanes of at least 4 members (excludes halogenated alkanes) is 1. The number of amides is 3. The Balaban J connectivity index is 2.03. The maximum atomic E-state index is 12.7. The summed E-state index contributed by atoms with van der Waals surface area (Å²) in [5, 5.41) is 14.7. The van der Waals surface area contributed by atoms with Gasteiger partial charge in [0.15, 0.2) is 0 Å². The van der Waals surface area contributed by atoms with Crippen LogP contribution < -0.4 is 10.6 Å². The SMILES string of the molecule is O=C(NCCCCO)NC(=O)C(CC1CCCC1)c1ccc(Cl)c(Cl)c1. The second-order valence-corrected chi connectivity index (χ2v) is 7.60. The van der Waals surface area contributed by atoms with Crippen LogP contribution in [0.2, 0.25) is 10.0 Å². The molecular formula is C19H26Cl2N2O3. The Kier molecular flexibility index (Phi) is 8.69. The first-order valence-electron chi connectivity index (χ1n) is 9.15. The van der Waals surface area contributed by atoms with E-state index in [1.807, 2.05) is 0 Å². The fourth-order valence-corrected chi connectivity index (χ4v) is 3.69. The molecule has 1 atom stereocenters. The predicted molar refractivity (Wildman–Crippen MR) is 104 cm³/mol. The van der Waals surface area contributed by atoms with E-state index in [1.54, 1.807) is 18.2 Å². The van der Waals surface area contributed by atoms with Crippen molar-refractivity contribution in [1.82, 2.24) is 10.6 Å². The highest BCUT2D eigenvalue weighted by Gasteiger charge is 2.28. The standard InChI is InChI=1S/C19H26Cl2N2O3/c20-16-8-7-14(12-17(16)21)15(11-13-5-1-2-6-13)18(25)23-19(26)22-9-3-4-10-24/h7-8,12-13,15,24H,1-6,9-11H2,(H2,22,23,25,26). The first-order chi connectivity index (χ1) is 12.5. The zero-order valence-electron chi connectivity index (χ0n) is 14.8. The molecule has 1 aromatic rings. The van der Waals surface area contributed by atoms with E-state index < -0.39 is 11.9 Å². The second-order valence-electron chi connectivity index (χ2n) is 6.79. The van der Waals surface area contributed by atoms with Crippen molar-refractivity contribution in [3.63, 3.8) is 0 Å². The average Bonchev–Trinajstić information content (AvgIpc) is 3.12. The maximum Gasteiger partial charge on any atom is 0.321 e. The number of nitrogens with one attached hydrogen (secondary N) is 2. The molecule has 1 aromatic carbocycles. The molecule has 5 nitrogen and oxygen atoms in total. The summed E-state index contributed by atoms with van der Waals surface area (Å²) in [5.74, 6) is -0.279. The van der Waals surface area contributed by atoms with Crippen LogP contribution in [-0.4, -0.2) is 30.2 Å². The number of urea groups is 1. The molecule has 0 saturated heterocycles. The number of carbonyl (C=O) groups is 2. The van der Waals surface area contributed by atoms with Gasteiger partial charge in [0.25, 0.3) is 0 Å². The van der Waals surface area contributed by atoms with Crippen LogP contribution in [0.4, 0.5) is 4.79 Å². The number of rotatable bonds is 8. The van der Waals surface area contributed by atoms with Crippen molar-refractivity contribution in [1.29, 1.82) is 0 Å². The van der Waals surface area contributed by atoms with Crippen molar-refractivity contribution in [2.45, 2.75) is 50.9 Å². The zero-order chi connectivity index (χ0) is 18.9. The Labute approximate surface area is 164 Å². The van der Waals surface area contributed by atoms with Crippen LogP contribution in [0.5, 0.6) is 0 Å². The van der Waals surface area contributed by atoms with Crippen LogP contribution in [-0.2, 0) is 4.79 Å². The molecule has 0 spiro atoms. The first kappa shape index (κ1) is 21.0. The molecule has 0 heterocycles. The minimum atomic E-state index is -0.510. The summed E-state index contributed by atoms with van der Waals surface area (Å²) in [6.45, 7) is 0.503. The number of halogens is 2. The molecule has 0 bridgehead atoms. The number of aliphatic hydroxyl groups is 1. The smallest absolute Gasteiger partial charge is 0.321 e. The maximum absolute atomic E-state index is 12.7. The number of hydrogen-bond acceptors (Lipinski definition) is 3. The lowest BCUT2D eigenvalue weighted by molar-refractivity contribution is -0.121. The third-order valence-corrected chi connectivity index (χ3v) is 5.55. The van der Waals surface area contributed by atoms with E-state index >= 15 is 0 Å². The zero-order valence-corrected chi connectivity index (χ0v) is 16.3. The van der Waals surface area contributed by atoms with Gasteiger partial charge in [-0.1, -0.05) is 55.0 Å². The number of hydrogen-bond donors (Lipinski definition) is 3. The number of imide groups is 1. The highest BCUT2D eigenvalue weighted by atomic mass is 35.5. The van der Waals surface area contributed by atoms with Crippen molar-refractivity contribution >= 4 is 35.1 Å². The van der Waals surface area contributed by atoms with Gasteiger partial charge in [-0.2, -0.15) is 0 Å². The van der Waals surface area contributed by atoms with Crippen molar-refractivity contribution in [3.8, 4) is 0 Å². The minimum Gasteiger partial charge on any atom is -0.396 e. The summed E-state index contributed by atoms with van der Waals surface area (Å²) in [6.07, 6.45) is 6.56. The third-order valence-electron chi connectivity index (χ3n) is 4.81. The molecule has 0 radical (unpaired) electrons. The van der Waals surface area contributed by atoms with Crippen LogP contribution in [0.3, 0.4) is 0 Å². The van der Waals surface area contributed by atoms with Crippen molar-refractivity contribution in [2.75, 3.05) is 13.2 Å². The van der Waals surface area contributed by atoms with E-state index in [2.05, 4.69) is 10.6 Å². The molecule has 1 aliphatic carbocycles. The summed E-state index contributed by atoms with van der Waals surface area (Å²) < 4.78 is 0. The van der Waals surface area contributed by atoms with Crippen molar-refractivity contribution in [2.24, 2.45) is 5.92 Å². The topological polar surface area (TPSA) is 78.4 Å². The van der Waals surface area contributed by atoms with Gasteiger partial charge in [0, 0.05) is 13.2 Å². The fourth-order valence-electron chi connectivity index (χ4n) is 3.38. The number of carbonyl (C=O) groups excluding carboxylic acids is 2. The van der Waals surface area contributed by atoms with Gasteiger partial charge in [0.05, 0.1) is 16.0 Å². The minimum absolute atomic E-state index is 0.0863. The van der Waals surface area contributed by atoms with Crippen LogP contribution >= 0.6 is 23.2 Å². The molecule has 1 aliphatic rings. The van der Waals surface area contributed by atoms with Gasteiger partial charge in [0.2, 0.25) is 5.91 Å². The molecule has 3 N–H and O–H groups in total. The second kappa shape index (κ2) is 10.8. The molecule has 0 aliphatic heterocycles. The molecule has 7 heteroatoms. The average molecular weight is 401 g/mol. The van der Waals surface area contributed by atoms with Gasteiger partial charge >= 0.3 is 6.03 Å². The van der Waals surface area contributed by atoms with E-state index in [0.29, 0.717) is 41.8 Å². The van der Waals surface area contributed by atoms with Crippen LogP contribution in [0.15, 0.2) is 18.2 Å². The molecule has 1 unspecified atom stereocenters. The molecule has 26 heavy (non-hydrogen) atoms. The highest BCUT2D eigenvalue weighted by Crippen LogP contribution is 2.36. The third kappa shape index (κ3) is 6.45. The fraction of sp³-hybridized carbons (Fsp3) is 0.579. The molecule has 0 aromatic heterocycles. The van der Waals surface area contributed by atoms with Gasteiger partial charge in [-0.3, -0.25) is 10.1 Å². The van der Waals surface area contributed by atoms with E-state index in [9.17, 15) is 9.59 Å². The van der Waals surface area contributed by atoms with Crippen molar-refractivity contribution in [3.05, 3.63) is 33.8 Å². The van der Waals surface area contributed by atoms with Gasteiger partial charge in [0.1, 0.15) is 0 Å². The Bertz CT molecular complexity index is 619. The predicted octanol–water partition coefficient (Wildman–Crippen LogP) is 4.26. The molecule has 1 fully saturated rings. The van der Waals surface area contributed by atoms with Gasteiger partial charge in [-0.05, 0) is 42.9 Å². The quantitative estimate of drug-likeness (QED) is 0.570. The number of aliphatic hydroxyl groups excluding tert-OH is 1. The van der Waals surface area contributed by atoms with Gasteiger partial charge < -0.3 is 10.4 Å². The molecule has 1 saturated carbocycles. The molecular weight excluding hydrogens is 375 g/mol. The van der Waals surface area contributed by atoms with Crippen LogP contribution in [0.25, 0.3) is 0 Å². The van der Waals surface area contributed by atoms with Crippen LogP contribution in [0.1, 0.15) is 56.4 Å². The van der Waals surface area contributed by atoms with E-state index in [4.69, 9.17) is 28.3 Å². The largest absolute Gasteiger partial charge is 0.396 e. The summed E-state index contributed by atoms with van der Waals surface area (Å²) in [7, 11) is 0.